The first kappa shape index (κ1) is 58.3. The van der Waals surface area contributed by atoms with Crippen molar-refractivity contribution < 1.29 is 18.6 Å². The second-order valence-electron chi connectivity index (χ2n) is 0. The molecule has 0 rings (SSSR count). The first-order chi connectivity index (χ1) is 0. The van der Waals surface area contributed by atoms with Gasteiger partial charge in [-0.15, -0.1) is 0 Å². The van der Waals surface area contributed by atoms with Crippen LogP contribution in [0.1, 0.15) is 0 Å². The van der Waals surface area contributed by atoms with E-state index in [9.17, 15) is 0 Å². The molecule has 0 aliphatic carbocycles. The largest absolute Gasteiger partial charge is 0.344 e. The zero-order valence-corrected chi connectivity index (χ0v) is 2.55. The van der Waals surface area contributed by atoms with Crippen LogP contribution in [0.3, 0.4) is 0 Å². The van der Waals surface area contributed by atoms with E-state index in [1.165, 1.54) is 0 Å². The summed E-state index contributed by atoms with van der Waals surface area (Å²) in [6.07, 6.45) is 0. The molecule has 0 aromatic carbocycles. The Hall–Kier alpha value is 1.29. The third-order valence-electron chi connectivity index (χ3n) is 0. The molecule has 0 atom stereocenters. The summed E-state index contributed by atoms with van der Waals surface area (Å²) < 4.78 is 0. The molecule has 0 aromatic rings. The van der Waals surface area contributed by atoms with E-state index < -0.39 is 0 Å². The second-order valence-corrected chi connectivity index (χ2v) is 0. The molecule has 27 valence electrons. The van der Waals surface area contributed by atoms with Gasteiger partial charge in [-0.25, -0.2) is 0 Å². The molecule has 0 bridgehead atoms. The summed E-state index contributed by atoms with van der Waals surface area (Å²) in [4.78, 5) is 0. The molecule has 0 aliphatic rings. The molecule has 3 N–H and O–H groups in total. The third-order valence-corrected chi connectivity index (χ3v) is 0. The van der Waals surface area contributed by atoms with Crippen LogP contribution < -0.4 is 6.15 Å². The van der Waals surface area contributed by atoms with Gasteiger partial charge in [0, 0.05) is 18.6 Å². The average molecular weight is 130 g/mol. The SMILES string of the molecule is N.[AlH3].[SiH4].[V]. The molecule has 0 fully saturated rings. The van der Waals surface area contributed by atoms with Crippen LogP contribution in [0.25, 0.3) is 0 Å². The predicted molar refractivity (Wildman–Crippen MR) is 26.3 cm³/mol. The van der Waals surface area contributed by atoms with Gasteiger partial charge >= 0.3 is 0 Å². The Kier molecular flexibility index (Phi) is 406. The molecule has 0 spiro atoms. The molecular formula is H10AlNSiV. The van der Waals surface area contributed by atoms with E-state index in [0.29, 0.717) is 0 Å². The maximum atomic E-state index is 0. The summed E-state index contributed by atoms with van der Waals surface area (Å²) in [5.41, 5.74) is 0. The third kappa shape index (κ3) is 10.4. The van der Waals surface area contributed by atoms with Crippen molar-refractivity contribution in [1.29, 1.82) is 0 Å². The molecule has 4 heavy (non-hydrogen) atoms. The molecule has 0 heterocycles. The Morgan fingerprint density at radius 2 is 1.00 bits per heavy atom. The van der Waals surface area contributed by atoms with Gasteiger partial charge in [0.2, 0.25) is 0 Å². The monoisotopic (exact) mass is 130 g/mol. The van der Waals surface area contributed by atoms with Gasteiger partial charge in [-0.2, -0.15) is 0 Å². The number of hydrogen-bond acceptors (Lipinski definition) is 1. The van der Waals surface area contributed by atoms with Gasteiger partial charge in [0.05, 0.1) is 0 Å². The van der Waals surface area contributed by atoms with Crippen molar-refractivity contribution in [3.8, 4) is 0 Å². The summed E-state index contributed by atoms with van der Waals surface area (Å²) in [6, 6.07) is 0. The minimum Gasteiger partial charge on any atom is -0.344 e. The molecule has 0 aromatic heterocycles. The Balaban J connectivity index is 0. The molecule has 4 heteroatoms. The summed E-state index contributed by atoms with van der Waals surface area (Å²) in [5.74, 6) is 0. The van der Waals surface area contributed by atoms with Gasteiger partial charge in [-0.1, -0.05) is 0 Å². The van der Waals surface area contributed by atoms with E-state index in [4.69, 9.17) is 0 Å². The summed E-state index contributed by atoms with van der Waals surface area (Å²) in [7, 11) is 0. The van der Waals surface area contributed by atoms with Crippen molar-refractivity contribution in [2.45, 2.75) is 0 Å². The minimum atomic E-state index is 0. The van der Waals surface area contributed by atoms with E-state index in [-0.39, 0.29) is 53.0 Å². The fourth-order valence-electron chi connectivity index (χ4n) is 0. The van der Waals surface area contributed by atoms with Crippen LogP contribution in [0.4, 0.5) is 0 Å². The smallest absolute Gasteiger partial charge is 0.187 e. The van der Waals surface area contributed by atoms with Crippen LogP contribution in [-0.2, 0) is 18.6 Å². The summed E-state index contributed by atoms with van der Waals surface area (Å²) >= 11 is 0. The van der Waals surface area contributed by atoms with Gasteiger partial charge in [0.25, 0.3) is 0 Å². The molecular weight excluding hydrogens is 120 g/mol. The maximum absolute atomic E-state index is 0. The van der Waals surface area contributed by atoms with Crippen molar-refractivity contribution in [1.82, 2.24) is 6.15 Å². The predicted octanol–water partition coefficient (Wildman–Crippen LogP) is -2.48. The van der Waals surface area contributed by atoms with Crippen molar-refractivity contribution in [2.24, 2.45) is 0 Å². The molecule has 0 amide bonds. The quantitative estimate of drug-likeness (QED) is 0.362. The fraction of sp³-hybridized carbons (Fsp3) is 0. The Morgan fingerprint density at radius 3 is 1.00 bits per heavy atom. The van der Waals surface area contributed by atoms with E-state index in [0.717, 1.165) is 0 Å². The molecule has 0 saturated carbocycles. The van der Waals surface area contributed by atoms with Gasteiger partial charge < -0.3 is 6.15 Å². The van der Waals surface area contributed by atoms with Gasteiger partial charge in [-0.05, 0) is 11.0 Å². The fourth-order valence-corrected chi connectivity index (χ4v) is 0. The standard InChI is InChI=1S/Al.H3N.H4Si.V.3H/h;1H3;1H4;;;;. The topological polar surface area (TPSA) is 35.0 Å². The summed E-state index contributed by atoms with van der Waals surface area (Å²) in [5, 5.41) is 0. The van der Waals surface area contributed by atoms with Crippen LogP contribution >= 0.6 is 0 Å². The zero-order chi connectivity index (χ0) is 0. The van der Waals surface area contributed by atoms with Gasteiger partial charge in [-0.3, -0.25) is 0 Å². The second kappa shape index (κ2) is 27.8. The molecule has 0 aliphatic heterocycles. The summed E-state index contributed by atoms with van der Waals surface area (Å²) in [6.45, 7) is 0. The van der Waals surface area contributed by atoms with E-state index in [1.807, 2.05) is 0 Å². The number of hydrogen-bond donors (Lipinski definition) is 1. The van der Waals surface area contributed by atoms with Crippen LogP contribution in [0.5, 0.6) is 0 Å². The maximum Gasteiger partial charge on any atom is 0.187 e. The van der Waals surface area contributed by atoms with Gasteiger partial charge in [0.15, 0.2) is 17.4 Å². The zero-order valence-electron chi connectivity index (χ0n) is 1.15. The van der Waals surface area contributed by atoms with Crippen molar-refractivity contribution in [3.05, 3.63) is 0 Å². The van der Waals surface area contributed by atoms with Crippen molar-refractivity contribution in [3.63, 3.8) is 0 Å². The normalized spacial score (nSPS) is 0. The van der Waals surface area contributed by atoms with Gasteiger partial charge in [0.1, 0.15) is 0 Å². The Bertz CT molecular complexity index is 8.00. The van der Waals surface area contributed by atoms with Crippen molar-refractivity contribution in [2.75, 3.05) is 0 Å². The molecule has 0 unspecified atom stereocenters. The van der Waals surface area contributed by atoms with Crippen molar-refractivity contribution >= 4 is 28.3 Å². The first-order valence-electron chi connectivity index (χ1n) is 0. The number of rotatable bonds is 0. The van der Waals surface area contributed by atoms with Crippen LogP contribution in [0, 0.1) is 0 Å². The van der Waals surface area contributed by atoms with E-state index >= 15 is 0 Å². The minimum absolute atomic E-state index is 0. The molecule has 1 radical (unpaired) electrons. The van der Waals surface area contributed by atoms with Crippen LogP contribution in [-0.4, -0.2) is 28.3 Å². The van der Waals surface area contributed by atoms with Crippen LogP contribution in [0.15, 0.2) is 0 Å². The Labute approximate surface area is 53.2 Å². The average Bonchev–Trinajstić information content (AvgIpc) is 0. The molecule has 1 nitrogen and oxygen atoms in total. The van der Waals surface area contributed by atoms with E-state index in [2.05, 4.69) is 0 Å². The molecule has 0 saturated heterocycles. The Morgan fingerprint density at radius 1 is 1.00 bits per heavy atom. The van der Waals surface area contributed by atoms with E-state index in [1.54, 1.807) is 0 Å². The van der Waals surface area contributed by atoms with Crippen LogP contribution in [0.2, 0.25) is 0 Å². The first-order valence-corrected chi connectivity index (χ1v) is 0.